The van der Waals surface area contributed by atoms with Crippen LogP contribution < -0.4 is 14.4 Å². The molecule has 0 radical (unpaired) electrons. The van der Waals surface area contributed by atoms with Gasteiger partial charge in [0, 0.05) is 48.9 Å². The fraction of sp³-hybridized carbons (Fsp3) is 0.375. The van der Waals surface area contributed by atoms with E-state index in [4.69, 9.17) is 49.0 Å². The van der Waals surface area contributed by atoms with Gasteiger partial charge in [-0.2, -0.15) is 0 Å². The van der Waals surface area contributed by atoms with E-state index in [1.54, 1.807) is 30.2 Å². The Hall–Kier alpha value is -1.96. The van der Waals surface area contributed by atoms with Crippen molar-refractivity contribution in [1.82, 2.24) is 4.90 Å². The molecule has 1 amide bonds. The van der Waals surface area contributed by atoms with Crippen LogP contribution in [-0.4, -0.2) is 63.9 Å². The molecule has 33 heavy (non-hydrogen) atoms. The average molecular weight is 512 g/mol. The number of methoxy groups -OCH3 is 1. The van der Waals surface area contributed by atoms with Crippen molar-refractivity contribution < 1.29 is 19.0 Å². The van der Waals surface area contributed by atoms with Crippen molar-refractivity contribution in [1.29, 1.82) is 0 Å². The maximum absolute atomic E-state index is 13.0. The largest absolute Gasteiger partial charge is 0.493 e. The monoisotopic (exact) mass is 510 g/mol. The molecule has 176 valence electrons. The second-order valence-electron chi connectivity index (χ2n) is 7.76. The summed E-state index contributed by atoms with van der Waals surface area (Å²) in [7, 11) is 1.62. The molecule has 4 rings (SSSR count). The van der Waals surface area contributed by atoms with Gasteiger partial charge in [-0.25, -0.2) is 0 Å². The van der Waals surface area contributed by atoms with E-state index < -0.39 is 0 Å². The Bertz CT molecular complexity index is 1050. The van der Waals surface area contributed by atoms with Crippen LogP contribution in [-0.2, 0) is 16.0 Å². The quantitative estimate of drug-likeness (QED) is 0.388. The Morgan fingerprint density at radius 2 is 1.85 bits per heavy atom. The van der Waals surface area contributed by atoms with E-state index in [9.17, 15) is 4.79 Å². The van der Waals surface area contributed by atoms with Crippen LogP contribution in [0.1, 0.15) is 11.1 Å². The predicted molar refractivity (Wildman–Crippen MR) is 132 cm³/mol. The fourth-order valence-corrected chi connectivity index (χ4v) is 4.61. The number of ether oxygens (including phenoxy) is 3. The second-order valence-corrected chi connectivity index (χ2v) is 8.96. The van der Waals surface area contributed by atoms with Crippen LogP contribution >= 0.6 is 34.8 Å². The summed E-state index contributed by atoms with van der Waals surface area (Å²) in [5.74, 6) is 1.11. The van der Waals surface area contributed by atoms with E-state index in [2.05, 4.69) is 4.90 Å². The van der Waals surface area contributed by atoms with Gasteiger partial charge in [0.05, 0.1) is 36.1 Å². The Balaban J connectivity index is 1.49. The summed E-state index contributed by atoms with van der Waals surface area (Å²) in [6.07, 6.45) is 3.79. The lowest BCUT2D eigenvalue weighted by atomic mass is 10.1. The predicted octanol–water partition coefficient (Wildman–Crippen LogP) is 4.97. The molecule has 6 nitrogen and oxygen atoms in total. The van der Waals surface area contributed by atoms with Gasteiger partial charge in [0.2, 0.25) is 0 Å². The number of nitrogens with zero attached hydrogens (tertiary/aromatic N) is 2. The highest BCUT2D eigenvalue weighted by atomic mass is 35.5. The fourth-order valence-electron chi connectivity index (χ4n) is 3.95. The normalized spacial score (nSPS) is 16.3. The number of amides is 1. The van der Waals surface area contributed by atoms with E-state index in [0.717, 1.165) is 50.5 Å². The number of carbonyl (C=O) groups is 1. The number of hydrogen-bond acceptors (Lipinski definition) is 5. The smallest absolute Gasteiger partial charge is 0.251 e. The Kier molecular flexibility index (Phi) is 8.04. The molecule has 2 aromatic rings. The molecule has 2 heterocycles. The molecule has 1 fully saturated rings. The molecule has 0 N–H and O–H groups in total. The SMILES string of the molecule is COc1cc2c(cc1OCCN1CCOCC1)N(C(=O)/C=C/c1c(Cl)ccc(Cl)c1Cl)CC2. The number of benzene rings is 2. The van der Waals surface area contributed by atoms with Gasteiger partial charge < -0.3 is 19.1 Å². The van der Waals surface area contributed by atoms with Crippen molar-refractivity contribution in [2.75, 3.05) is 58.0 Å². The van der Waals surface area contributed by atoms with E-state index >= 15 is 0 Å². The second kappa shape index (κ2) is 11.0. The number of halogens is 3. The molecule has 0 unspecified atom stereocenters. The molecule has 9 heteroatoms. The third-order valence-electron chi connectivity index (χ3n) is 5.77. The van der Waals surface area contributed by atoms with Gasteiger partial charge in [-0.1, -0.05) is 34.8 Å². The summed E-state index contributed by atoms with van der Waals surface area (Å²) in [6.45, 7) is 5.19. The third-order valence-corrected chi connectivity index (χ3v) is 6.92. The topological polar surface area (TPSA) is 51.2 Å². The highest BCUT2D eigenvalue weighted by Crippen LogP contribution is 2.39. The van der Waals surface area contributed by atoms with Gasteiger partial charge in [0.1, 0.15) is 6.61 Å². The molecule has 0 aromatic heterocycles. The van der Waals surface area contributed by atoms with Crippen molar-refractivity contribution in [3.63, 3.8) is 0 Å². The Morgan fingerprint density at radius 1 is 1.09 bits per heavy atom. The lowest BCUT2D eigenvalue weighted by molar-refractivity contribution is -0.114. The van der Waals surface area contributed by atoms with Gasteiger partial charge >= 0.3 is 0 Å². The zero-order valence-electron chi connectivity index (χ0n) is 18.3. The summed E-state index contributed by atoms with van der Waals surface area (Å²) < 4.78 is 17.0. The van der Waals surface area contributed by atoms with E-state index in [1.807, 2.05) is 12.1 Å². The highest BCUT2D eigenvalue weighted by Gasteiger charge is 2.26. The van der Waals surface area contributed by atoms with Gasteiger partial charge in [-0.05, 0) is 36.3 Å². The highest BCUT2D eigenvalue weighted by molar-refractivity contribution is 6.44. The maximum atomic E-state index is 13.0. The van der Waals surface area contributed by atoms with Crippen LogP contribution in [0.2, 0.25) is 15.1 Å². The number of anilines is 1. The average Bonchev–Trinajstić information content (AvgIpc) is 3.24. The molecule has 0 saturated carbocycles. The summed E-state index contributed by atoms with van der Waals surface area (Å²) in [5.41, 5.74) is 2.36. The number of fused-ring (bicyclic) bond motifs is 1. The molecular formula is C24H25Cl3N2O4. The summed E-state index contributed by atoms with van der Waals surface area (Å²) in [4.78, 5) is 17.0. The van der Waals surface area contributed by atoms with Gasteiger partial charge in [-0.15, -0.1) is 0 Å². The zero-order chi connectivity index (χ0) is 23.4. The molecule has 2 aromatic carbocycles. The summed E-state index contributed by atoms with van der Waals surface area (Å²) in [6, 6.07) is 7.10. The molecular weight excluding hydrogens is 487 g/mol. The van der Waals surface area contributed by atoms with Crippen LogP contribution in [0, 0.1) is 0 Å². The standard InChI is InChI=1S/C24H25Cl3N2O4/c1-31-21-14-16-6-7-29(23(30)5-2-17-18(25)3-4-19(26)24(17)27)20(16)15-22(21)33-13-10-28-8-11-32-12-9-28/h2-5,14-15H,6-13H2,1H3/b5-2+. The lowest BCUT2D eigenvalue weighted by Crippen LogP contribution is -2.38. The zero-order valence-corrected chi connectivity index (χ0v) is 20.6. The van der Waals surface area contributed by atoms with Gasteiger partial charge in [0.15, 0.2) is 11.5 Å². The van der Waals surface area contributed by atoms with Gasteiger partial charge in [-0.3, -0.25) is 9.69 Å². The molecule has 0 atom stereocenters. The number of carbonyl (C=O) groups excluding carboxylic acids is 1. The Morgan fingerprint density at radius 3 is 2.61 bits per heavy atom. The molecule has 0 aliphatic carbocycles. The first kappa shape index (κ1) is 24.2. The minimum absolute atomic E-state index is 0.176. The van der Waals surface area contributed by atoms with E-state index in [0.29, 0.717) is 45.3 Å². The van der Waals surface area contributed by atoms with Crippen molar-refractivity contribution >= 4 is 52.5 Å². The van der Waals surface area contributed by atoms with Gasteiger partial charge in [0.25, 0.3) is 5.91 Å². The van der Waals surface area contributed by atoms with Crippen molar-refractivity contribution in [3.05, 3.63) is 56.5 Å². The third kappa shape index (κ3) is 5.58. The first-order valence-corrected chi connectivity index (χ1v) is 11.9. The molecule has 1 saturated heterocycles. The lowest BCUT2D eigenvalue weighted by Gasteiger charge is -2.26. The maximum Gasteiger partial charge on any atom is 0.251 e. The molecule has 2 aliphatic rings. The van der Waals surface area contributed by atoms with Crippen LogP contribution in [0.4, 0.5) is 5.69 Å². The first-order chi connectivity index (χ1) is 16.0. The van der Waals surface area contributed by atoms with Crippen LogP contribution in [0.5, 0.6) is 11.5 Å². The number of hydrogen-bond donors (Lipinski definition) is 0. The number of rotatable bonds is 7. The summed E-state index contributed by atoms with van der Waals surface area (Å²) in [5, 5.41) is 1.12. The van der Waals surface area contributed by atoms with Crippen molar-refractivity contribution in [2.45, 2.75) is 6.42 Å². The molecule has 2 aliphatic heterocycles. The number of morpholine rings is 1. The molecule has 0 spiro atoms. The van der Waals surface area contributed by atoms with E-state index in [-0.39, 0.29) is 5.91 Å². The summed E-state index contributed by atoms with van der Waals surface area (Å²) >= 11 is 18.6. The minimum atomic E-state index is -0.176. The van der Waals surface area contributed by atoms with Crippen LogP contribution in [0.3, 0.4) is 0 Å². The first-order valence-electron chi connectivity index (χ1n) is 10.7. The van der Waals surface area contributed by atoms with E-state index in [1.165, 1.54) is 6.08 Å². The Labute approximate surface area is 208 Å². The van der Waals surface area contributed by atoms with Crippen LogP contribution in [0.25, 0.3) is 6.08 Å². The van der Waals surface area contributed by atoms with Crippen molar-refractivity contribution in [2.24, 2.45) is 0 Å². The molecule has 0 bridgehead atoms. The minimum Gasteiger partial charge on any atom is -0.493 e. The van der Waals surface area contributed by atoms with Crippen LogP contribution in [0.15, 0.2) is 30.3 Å². The van der Waals surface area contributed by atoms with Crippen molar-refractivity contribution in [3.8, 4) is 11.5 Å².